The van der Waals surface area contributed by atoms with E-state index in [0.29, 0.717) is 5.69 Å². The third-order valence-electron chi connectivity index (χ3n) is 1.88. The Balaban J connectivity index is 2.47. The highest BCUT2D eigenvalue weighted by atomic mass is 32.2. The van der Waals surface area contributed by atoms with Crippen LogP contribution in [0.5, 0.6) is 0 Å². The number of carbonyl (C=O) groups excluding carboxylic acids is 1. The maximum Gasteiger partial charge on any atom is 0.342 e. The lowest BCUT2D eigenvalue weighted by Gasteiger charge is -2.12. The van der Waals surface area contributed by atoms with Crippen LogP contribution in [-0.2, 0) is 15.0 Å². The van der Waals surface area contributed by atoms with Crippen molar-refractivity contribution in [1.82, 2.24) is 9.10 Å². The van der Waals surface area contributed by atoms with Crippen LogP contribution in [0.1, 0.15) is 5.69 Å². The number of nitrogens with one attached hydrogen (secondary N) is 1. The number of hydrogen-bond donors (Lipinski definition) is 2. The van der Waals surface area contributed by atoms with E-state index in [1.54, 1.807) is 11.4 Å². The lowest BCUT2D eigenvalue weighted by atomic mass is 10.2. The number of hydrogen-bond acceptors (Lipinski definition) is 6. The van der Waals surface area contributed by atoms with Gasteiger partial charge in [-0.25, -0.2) is 0 Å². The van der Waals surface area contributed by atoms with E-state index < -0.39 is 22.6 Å². The van der Waals surface area contributed by atoms with Crippen molar-refractivity contribution in [3.05, 3.63) is 28.9 Å². The molecule has 0 aliphatic carbocycles. The summed E-state index contributed by atoms with van der Waals surface area (Å²) in [6, 6.07) is 1.59. The maximum atomic E-state index is 11.4. The SMILES string of the molecule is O=C(CO)C1=CC(c2ccsn2)=NS(=O)(=O)N1. The number of aromatic nitrogens is 1. The smallest absolute Gasteiger partial charge is 0.342 e. The fourth-order valence-electron chi connectivity index (χ4n) is 1.17. The molecule has 0 bridgehead atoms. The zero-order valence-electron chi connectivity index (χ0n) is 8.32. The van der Waals surface area contributed by atoms with E-state index in [2.05, 4.69) is 8.77 Å². The van der Waals surface area contributed by atoms with Crippen LogP contribution >= 0.6 is 11.5 Å². The van der Waals surface area contributed by atoms with Gasteiger partial charge in [-0.05, 0) is 23.7 Å². The van der Waals surface area contributed by atoms with Crippen molar-refractivity contribution in [2.24, 2.45) is 4.40 Å². The molecule has 2 N–H and O–H groups in total. The van der Waals surface area contributed by atoms with E-state index >= 15 is 0 Å². The minimum atomic E-state index is -3.96. The highest BCUT2D eigenvalue weighted by molar-refractivity contribution is 7.88. The first-order valence-corrected chi connectivity index (χ1v) is 6.69. The third-order valence-corrected chi connectivity index (χ3v) is 3.36. The number of carbonyl (C=O) groups is 1. The van der Waals surface area contributed by atoms with Crippen LogP contribution in [0.25, 0.3) is 0 Å². The Morgan fingerprint density at radius 1 is 1.53 bits per heavy atom. The molecule has 2 heterocycles. The van der Waals surface area contributed by atoms with E-state index in [1.807, 2.05) is 4.72 Å². The second kappa shape index (κ2) is 4.35. The molecular weight excluding hydrogens is 266 g/mol. The van der Waals surface area contributed by atoms with Crippen molar-refractivity contribution in [2.75, 3.05) is 6.61 Å². The topological polar surface area (TPSA) is 109 Å². The Kier molecular flexibility index (Phi) is 3.05. The molecule has 0 radical (unpaired) electrons. The van der Waals surface area contributed by atoms with Gasteiger partial charge >= 0.3 is 10.2 Å². The molecule has 1 aromatic rings. The normalized spacial score (nSPS) is 17.9. The highest BCUT2D eigenvalue weighted by Gasteiger charge is 2.23. The molecule has 90 valence electrons. The van der Waals surface area contributed by atoms with Crippen LogP contribution in [0.3, 0.4) is 0 Å². The van der Waals surface area contributed by atoms with E-state index in [4.69, 9.17) is 5.11 Å². The minimum absolute atomic E-state index is 0.0711. The Morgan fingerprint density at radius 2 is 2.29 bits per heavy atom. The number of ketones is 1. The van der Waals surface area contributed by atoms with Gasteiger partial charge in [0.1, 0.15) is 18.0 Å². The summed E-state index contributed by atoms with van der Waals surface area (Å²) in [6.07, 6.45) is 1.24. The number of Topliss-reactive ketones (excluding diaryl/α,β-unsaturated/α-hetero) is 1. The molecule has 7 nitrogen and oxygen atoms in total. The number of rotatable bonds is 3. The van der Waals surface area contributed by atoms with Gasteiger partial charge in [0.15, 0.2) is 0 Å². The van der Waals surface area contributed by atoms with Crippen LogP contribution < -0.4 is 4.72 Å². The van der Waals surface area contributed by atoms with Crippen LogP contribution in [0.15, 0.2) is 27.6 Å². The summed E-state index contributed by atoms with van der Waals surface area (Å²) in [4.78, 5) is 11.3. The summed E-state index contributed by atoms with van der Waals surface area (Å²) < 4.78 is 32.1. The van der Waals surface area contributed by atoms with Crippen LogP contribution in [-0.4, -0.2) is 36.0 Å². The molecule has 0 fully saturated rings. The summed E-state index contributed by atoms with van der Waals surface area (Å²) in [5.41, 5.74) is 0.218. The highest BCUT2D eigenvalue weighted by Crippen LogP contribution is 2.12. The zero-order valence-corrected chi connectivity index (χ0v) is 9.96. The zero-order chi connectivity index (χ0) is 12.5. The first kappa shape index (κ1) is 11.9. The van der Waals surface area contributed by atoms with Crippen molar-refractivity contribution in [1.29, 1.82) is 0 Å². The predicted molar refractivity (Wildman–Crippen MR) is 60.9 cm³/mol. The molecule has 9 heteroatoms. The number of allylic oxidation sites excluding steroid dienone is 1. The fraction of sp³-hybridized carbons (Fsp3) is 0.125. The van der Waals surface area contributed by atoms with E-state index in [9.17, 15) is 13.2 Å². The molecule has 2 rings (SSSR count). The van der Waals surface area contributed by atoms with Crippen molar-refractivity contribution in [2.45, 2.75) is 0 Å². The number of nitrogens with zero attached hydrogens (tertiary/aromatic N) is 2. The molecule has 0 saturated carbocycles. The lowest BCUT2D eigenvalue weighted by molar-refractivity contribution is -0.118. The predicted octanol–water partition coefficient (Wildman–Crippen LogP) is -0.774. The van der Waals surface area contributed by atoms with Gasteiger partial charge in [-0.3, -0.25) is 9.52 Å². The van der Waals surface area contributed by atoms with Crippen LogP contribution in [0, 0.1) is 0 Å². The van der Waals surface area contributed by atoms with Gasteiger partial charge in [0.2, 0.25) is 5.78 Å². The molecule has 1 aliphatic heterocycles. The third kappa shape index (κ3) is 2.57. The van der Waals surface area contributed by atoms with Crippen molar-refractivity contribution in [3.63, 3.8) is 0 Å². The number of aliphatic hydroxyl groups excluding tert-OH is 1. The molecule has 0 spiro atoms. The first-order valence-electron chi connectivity index (χ1n) is 4.41. The van der Waals surface area contributed by atoms with Crippen LogP contribution in [0.4, 0.5) is 0 Å². The van der Waals surface area contributed by atoms with Gasteiger partial charge in [0.25, 0.3) is 0 Å². The van der Waals surface area contributed by atoms with E-state index in [-0.39, 0.29) is 11.4 Å². The van der Waals surface area contributed by atoms with Gasteiger partial charge in [-0.2, -0.15) is 12.8 Å². The molecule has 0 saturated heterocycles. The monoisotopic (exact) mass is 273 g/mol. The lowest BCUT2D eigenvalue weighted by Crippen LogP contribution is -2.32. The molecule has 1 aromatic heterocycles. The average molecular weight is 273 g/mol. The second-order valence-electron chi connectivity index (χ2n) is 3.08. The molecule has 0 aromatic carbocycles. The van der Waals surface area contributed by atoms with E-state index in [0.717, 1.165) is 11.5 Å². The summed E-state index contributed by atoms with van der Waals surface area (Å²) >= 11 is 1.14. The Bertz CT molecular complexity index is 601. The largest absolute Gasteiger partial charge is 0.388 e. The summed E-state index contributed by atoms with van der Waals surface area (Å²) in [6.45, 7) is -0.779. The summed E-state index contributed by atoms with van der Waals surface area (Å²) in [5, 5.41) is 10.4. The van der Waals surface area contributed by atoms with E-state index in [1.165, 1.54) is 6.08 Å². The fourth-order valence-corrected chi connectivity index (χ4v) is 2.59. The summed E-state index contributed by atoms with van der Waals surface area (Å²) in [5.74, 6) is -0.726. The maximum absolute atomic E-state index is 11.4. The molecule has 1 aliphatic rings. The Hall–Kier alpha value is -1.58. The molecular formula is C8H7N3O4S2. The standard InChI is InChI=1S/C8H7N3O4S2/c12-4-8(13)7-3-6(5-1-2-16-9-5)10-17(14,15)11-7/h1-3,11-12H,4H2. The molecule has 0 atom stereocenters. The quantitative estimate of drug-likeness (QED) is 0.751. The second-order valence-corrected chi connectivity index (χ2v) is 5.08. The van der Waals surface area contributed by atoms with Gasteiger partial charge in [-0.15, -0.1) is 4.40 Å². The molecule has 0 amide bonds. The van der Waals surface area contributed by atoms with Gasteiger partial charge < -0.3 is 5.11 Å². The minimum Gasteiger partial charge on any atom is -0.388 e. The molecule has 0 unspecified atom stereocenters. The Morgan fingerprint density at radius 3 is 2.88 bits per heavy atom. The first-order chi connectivity index (χ1) is 8.02. The van der Waals surface area contributed by atoms with Crippen molar-refractivity contribution < 1.29 is 18.3 Å². The van der Waals surface area contributed by atoms with Gasteiger partial charge in [0.05, 0.1) is 5.70 Å². The number of aliphatic hydroxyl groups is 1. The van der Waals surface area contributed by atoms with Gasteiger partial charge in [-0.1, -0.05) is 0 Å². The van der Waals surface area contributed by atoms with Crippen molar-refractivity contribution >= 4 is 33.2 Å². The van der Waals surface area contributed by atoms with Crippen LogP contribution in [0.2, 0.25) is 0 Å². The summed E-state index contributed by atoms with van der Waals surface area (Å²) in [7, 11) is -3.96. The van der Waals surface area contributed by atoms with Crippen molar-refractivity contribution in [3.8, 4) is 0 Å². The average Bonchev–Trinajstić information content (AvgIpc) is 2.79. The molecule has 17 heavy (non-hydrogen) atoms. The Labute approximate surface area is 101 Å². The van der Waals surface area contributed by atoms with Gasteiger partial charge in [0, 0.05) is 5.38 Å².